The zero-order valence-electron chi connectivity index (χ0n) is 13.0. The highest BCUT2D eigenvalue weighted by Gasteiger charge is 2.35. The summed E-state index contributed by atoms with van der Waals surface area (Å²) in [5.74, 6) is -0.777. The molecule has 0 heterocycles. The minimum absolute atomic E-state index is 0.223. The first-order chi connectivity index (χ1) is 8.02. The molecular weight excluding hydrogens is 228 g/mol. The number of hydrogen-bond acceptors (Lipinski definition) is 3. The molecule has 0 amide bonds. The van der Waals surface area contributed by atoms with Crippen LogP contribution in [-0.4, -0.2) is 47.7 Å². The molecule has 4 heteroatoms. The average Bonchev–Trinajstić information content (AvgIpc) is 2.14. The van der Waals surface area contributed by atoms with Gasteiger partial charge in [-0.15, -0.1) is 0 Å². The molecular formula is C14H30N2O2. The minimum atomic E-state index is -0.847. The second kappa shape index (κ2) is 6.53. The van der Waals surface area contributed by atoms with Gasteiger partial charge in [0.1, 0.15) is 5.54 Å². The fraction of sp³-hybridized carbons (Fsp3) is 0.929. The Bertz CT molecular complexity index is 273. The van der Waals surface area contributed by atoms with Crippen molar-refractivity contribution in [2.45, 2.75) is 59.5 Å². The van der Waals surface area contributed by atoms with Crippen molar-refractivity contribution in [3.8, 4) is 0 Å². The molecule has 108 valence electrons. The molecule has 0 fully saturated rings. The molecule has 0 rings (SSSR count). The third-order valence-electron chi connectivity index (χ3n) is 3.22. The second-order valence-electron chi connectivity index (χ2n) is 6.70. The first-order valence-corrected chi connectivity index (χ1v) is 6.70. The van der Waals surface area contributed by atoms with Crippen LogP contribution in [0.2, 0.25) is 0 Å². The Labute approximate surface area is 112 Å². The summed E-state index contributed by atoms with van der Waals surface area (Å²) in [7, 11) is 2.06. The first kappa shape index (κ1) is 17.4. The van der Waals surface area contributed by atoms with Gasteiger partial charge in [0.25, 0.3) is 0 Å². The zero-order valence-corrected chi connectivity index (χ0v) is 13.0. The number of nitrogens with zero attached hydrogens (tertiary/aromatic N) is 1. The Morgan fingerprint density at radius 1 is 1.33 bits per heavy atom. The van der Waals surface area contributed by atoms with Gasteiger partial charge in [-0.05, 0) is 39.3 Å². The van der Waals surface area contributed by atoms with Crippen molar-refractivity contribution in [1.82, 2.24) is 10.2 Å². The van der Waals surface area contributed by atoms with E-state index in [9.17, 15) is 9.90 Å². The van der Waals surface area contributed by atoms with Gasteiger partial charge in [0.15, 0.2) is 0 Å². The maximum Gasteiger partial charge on any atom is 0.323 e. The zero-order chi connectivity index (χ0) is 14.6. The van der Waals surface area contributed by atoms with E-state index in [1.54, 1.807) is 6.92 Å². The van der Waals surface area contributed by atoms with E-state index in [-0.39, 0.29) is 11.5 Å². The van der Waals surface area contributed by atoms with Crippen molar-refractivity contribution in [2.24, 2.45) is 5.41 Å². The second-order valence-corrected chi connectivity index (χ2v) is 6.70. The van der Waals surface area contributed by atoms with Gasteiger partial charge < -0.3 is 15.3 Å². The van der Waals surface area contributed by atoms with Gasteiger partial charge in [0.2, 0.25) is 0 Å². The number of nitrogens with one attached hydrogen (secondary N) is 1. The number of likely N-dealkylation sites (N-methyl/N-ethyl adjacent to an activating group) is 1. The van der Waals surface area contributed by atoms with Crippen LogP contribution >= 0.6 is 0 Å². The SMILES string of the molecule is CCNC(C)(CC(C)N(C)CC(C)(C)C)C(=O)O. The normalized spacial score (nSPS) is 17.6. The molecule has 2 unspecified atom stereocenters. The number of hydrogen-bond donors (Lipinski definition) is 2. The van der Waals surface area contributed by atoms with Crippen LogP contribution in [0.1, 0.15) is 48.0 Å². The predicted octanol–water partition coefficient (Wildman–Crippen LogP) is 2.20. The molecule has 0 saturated heterocycles. The molecule has 0 aromatic heterocycles. The fourth-order valence-electron chi connectivity index (χ4n) is 2.28. The molecule has 0 aromatic carbocycles. The van der Waals surface area contributed by atoms with Crippen molar-refractivity contribution >= 4 is 5.97 Å². The van der Waals surface area contributed by atoms with Gasteiger partial charge >= 0.3 is 5.97 Å². The molecule has 0 aliphatic carbocycles. The predicted molar refractivity (Wildman–Crippen MR) is 75.9 cm³/mol. The number of carboxylic acids is 1. The molecule has 18 heavy (non-hydrogen) atoms. The lowest BCUT2D eigenvalue weighted by Crippen LogP contribution is -2.53. The van der Waals surface area contributed by atoms with Crippen LogP contribution in [0, 0.1) is 5.41 Å². The lowest BCUT2D eigenvalue weighted by molar-refractivity contribution is -0.145. The van der Waals surface area contributed by atoms with Gasteiger partial charge in [-0.1, -0.05) is 27.7 Å². The molecule has 2 atom stereocenters. The van der Waals surface area contributed by atoms with Crippen molar-refractivity contribution < 1.29 is 9.90 Å². The van der Waals surface area contributed by atoms with E-state index < -0.39 is 11.5 Å². The first-order valence-electron chi connectivity index (χ1n) is 6.70. The molecule has 4 nitrogen and oxygen atoms in total. The van der Waals surface area contributed by atoms with Gasteiger partial charge in [-0.25, -0.2) is 0 Å². The van der Waals surface area contributed by atoms with Crippen molar-refractivity contribution in [3.05, 3.63) is 0 Å². The van der Waals surface area contributed by atoms with E-state index in [1.807, 2.05) is 6.92 Å². The summed E-state index contributed by atoms with van der Waals surface area (Å²) in [5.41, 5.74) is -0.624. The summed E-state index contributed by atoms with van der Waals surface area (Å²) < 4.78 is 0. The third-order valence-corrected chi connectivity index (χ3v) is 3.22. The van der Waals surface area contributed by atoms with E-state index in [1.165, 1.54) is 0 Å². The number of carboxylic acid groups (broad SMARTS) is 1. The van der Waals surface area contributed by atoms with Crippen LogP contribution < -0.4 is 5.32 Å². The van der Waals surface area contributed by atoms with Gasteiger partial charge in [0.05, 0.1) is 0 Å². The molecule has 0 aliphatic heterocycles. The van der Waals surface area contributed by atoms with Crippen LogP contribution in [0.15, 0.2) is 0 Å². The quantitative estimate of drug-likeness (QED) is 0.735. The Morgan fingerprint density at radius 3 is 2.17 bits per heavy atom. The van der Waals surface area contributed by atoms with Crippen molar-refractivity contribution in [3.63, 3.8) is 0 Å². The number of rotatable bonds is 7. The lowest BCUT2D eigenvalue weighted by atomic mass is 9.91. The van der Waals surface area contributed by atoms with E-state index in [2.05, 4.69) is 45.0 Å². The summed E-state index contributed by atoms with van der Waals surface area (Å²) in [4.78, 5) is 13.6. The van der Waals surface area contributed by atoms with Crippen molar-refractivity contribution in [2.75, 3.05) is 20.1 Å². The van der Waals surface area contributed by atoms with Crippen LogP contribution in [0.5, 0.6) is 0 Å². The Hall–Kier alpha value is -0.610. The Balaban J connectivity index is 4.60. The molecule has 0 saturated carbocycles. The summed E-state index contributed by atoms with van der Waals surface area (Å²) >= 11 is 0. The summed E-state index contributed by atoms with van der Waals surface area (Å²) in [6.45, 7) is 14.0. The molecule has 0 aliphatic rings. The monoisotopic (exact) mass is 258 g/mol. The van der Waals surface area contributed by atoms with Gasteiger partial charge in [0, 0.05) is 12.6 Å². The molecule has 0 radical (unpaired) electrons. The summed E-state index contributed by atoms with van der Waals surface area (Å²) in [5, 5.41) is 12.4. The highest BCUT2D eigenvalue weighted by atomic mass is 16.4. The van der Waals surface area contributed by atoms with Crippen molar-refractivity contribution in [1.29, 1.82) is 0 Å². The Morgan fingerprint density at radius 2 is 1.83 bits per heavy atom. The maximum atomic E-state index is 11.4. The van der Waals surface area contributed by atoms with Crippen LogP contribution in [0.3, 0.4) is 0 Å². The largest absolute Gasteiger partial charge is 0.480 e. The number of aliphatic carboxylic acids is 1. The molecule has 0 aromatic rings. The molecule has 2 N–H and O–H groups in total. The molecule has 0 spiro atoms. The third kappa shape index (κ3) is 5.83. The summed E-state index contributed by atoms with van der Waals surface area (Å²) in [6.07, 6.45) is 0.600. The van der Waals surface area contributed by atoms with Crippen LogP contribution in [0.4, 0.5) is 0 Å². The van der Waals surface area contributed by atoms with Gasteiger partial charge in [-0.2, -0.15) is 0 Å². The van der Waals surface area contributed by atoms with E-state index in [4.69, 9.17) is 0 Å². The Kier molecular flexibility index (Phi) is 6.30. The minimum Gasteiger partial charge on any atom is -0.480 e. The number of carbonyl (C=O) groups is 1. The van der Waals surface area contributed by atoms with E-state index in [0.29, 0.717) is 13.0 Å². The van der Waals surface area contributed by atoms with Gasteiger partial charge in [-0.3, -0.25) is 4.79 Å². The molecule has 0 bridgehead atoms. The lowest BCUT2D eigenvalue weighted by Gasteiger charge is -2.36. The van der Waals surface area contributed by atoms with E-state index in [0.717, 1.165) is 6.54 Å². The highest BCUT2D eigenvalue weighted by molar-refractivity contribution is 5.78. The van der Waals surface area contributed by atoms with Crippen LogP contribution in [0.25, 0.3) is 0 Å². The standard InChI is InChI=1S/C14H30N2O2/c1-8-15-14(6,12(17)18)9-11(2)16(7)10-13(3,4)5/h11,15H,8-10H2,1-7H3,(H,17,18). The van der Waals surface area contributed by atoms with E-state index >= 15 is 0 Å². The average molecular weight is 258 g/mol. The fourth-order valence-corrected chi connectivity index (χ4v) is 2.28. The maximum absolute atomic E-state index is 11.4. The summed E-state index contributed by atoms with van der Waals surface area (Å²) in [6, 6.07) is 0.226. The topological polar surface area (TPSA) is 52.6 Å². The smallest absolute Gasteiger partial charge is 0.323 e. The highest BCUT2D eigenvalue weighted by Crippen LogP contribution is 2.20. The van der Waals surface area contributed by atoms with Crippen LogP contribution in [-0.2, 0) is 4.79 Å².